The Labute approximate surface area is 141 Å². The minimum atomic E-state index is -0.289. The van der Waals surface area contributed by atoms with E-state index in [-0.39, 0.29) is 23.2 Å². The molecule has 2 fully saturated rings. The van der Waals surface area contributed by atoms with Gasteiger partial charge in [-0.25, -0.2) is 4.79 Å². The Kier molecular flexibility index (Phi) is 5.57. The molecule has 0 amide bonds. The molecule has 1 heterocycles. The van der Waals surface area contributed by atoms with Gasteiger partial charge in [0, 0.05) is 29.5 Å². The number of ether oxygens (including phenoxy) is 1. The number of esters is 1. The Morgan fingerprint density at radius 1 is 1.00 bits per heavy atom. The Hall–Kier alpha value is -0.870. The van der Waals surface area contributed by atoms with Gasteiger partial charge >= 0.3 is 5.97 Å². The molecule has 23 heavy (non-hydrogen) atoms. The molecule has 1 aliphatic heterocycles. The number of carbonyl (C=O) groups is 1. The van der Waals surface area contributed by atoms with Crippen molar-refractivity contribution in [1.82, 2.24) is 5.06 Å². The number of hydrogen-bond donors (Lipinski definition) is 0. The van der Waals surface area contributed by atoms with Crippen LogP contribution in [0.2, 0.25) is 0 Å². The van der Waals surface area contributed by atoms with Crippen molar-refractivity contribution in [2.24, 2.45) is 0 Å². The van der Waals surface area contributed by atoms with Crippen molar-refractivity contribution in [3.8, 4) is 0 Å². The number of hydroxylamine groups is 2. The van der Waals surface area contributed by atoms with Crippen LogP contribution < -0.4 is 0 Å². The molecule has 0 aromatic rings. The topological polar surface area (TPSA) is 38.8 Å². The van der Waals surface area contributed by atoms with Crippen LogP contribution in [0, 0.1) is 0 Å². The summed E-state index contributed by atoms with van der Waals surface area (Å²) in [5.41, 5.74) is 0.125. The fourth-order valence-corrected chi connectivity index (χ4v) is 4.11. The molecule has 1 aliphatic carbocycles. The van der Waals surface area contributed by atoms with E-state index >= 15 is 0 Å². The van der Waals surface area contributed by atoms with Crippen LogP contribution in [0.3, 0.4) is 0 Å². The molecule has 1 saturated heterocycles. The third-order valence-corrected chi connectivity index (χ3v) is 4.98. The third-order valence-electron chi connectivity index (χ3n) is 4.98. The second-order valence-corrected chi connectivity index (χ2v) is 8.50. The molecule has 1 saturated carbocycles. The molecule has 0 bridgehead atoms. The number of rotatable bonds is 4. The van der Waals surface area contributed by atoms with E-state index in [0.717, 1.165) is 25.7 Å². The van der Waals surface area contributed by atoms with Gasteiger partial charge in [-0.2, -0.15) is 5.06 Å². The molecule has 0 radical (unpaired) electrons. The summed E-state index contributed by atoms with van der Waals surface area (Å²) in [4.78, 5) is 18.3. The highest BCUT2D eigenvalue weighted by Crippen LogP contribution is 2.41. The normalized spacial score (nSPS) is 26.0. The van der Waals surface area contributed by atoms with Gasteiger partial charge in [-0.15, -0.1) is 0 Å². The van der Waals surface area contributed by atoms with Crippen LogP contribution in [0.25, 0.3) is 0 Å². The first kappa shape index (κ1) is 18.5. The average molecular weight is 323 g/mol. The second kappa shape index (κ2) is 6.94. The van der Waals surface area contributed by atoms with Crippen molar-refractivity contribution < 1.29 is 14.4 Å². The van der Waals surface area contributed by atoms with Crippen LogP contribution in [-0.2, 0) is 14.4 Å². The van der Waals surface area contributed by atoms with Crippen LogP contribution in [0.5, 0.6) is 0 Å². The lowest BCUT2D eigenvalue weighted by molar-refractivity contribution is -0.317. The monoisotopic (exact) mass is 323 g/mol. The van der Waals surface area contributed by atoms with Crippen LogP contribution in [-0.4, -0.2) is 34.3 Å². The Morgan fingerprint density at radius 3 is 2.00 bits per heavy atom. The summed E-state index contributed by atoms with van der Waals surface area (Å²) in [6.45, 7) is 14.1. The lowest BCUT2D eigenvalue weighted by Gasteiger charge is -2.54. The van der Waals surface area contributed by atoms with E-state index in [2.05, 4.69) is 39.3 Å². The van der Waals surface area contributed by atoms with E-state index in [1.165, 1.54) is 19.3 Å². The quantitative estimate of drug-likeness (QED) is 0.568. The summed E-state index contributed by atoms with van der Waals surface area (Å²) < 4.78 is 5.64. The van der Waals surface area contributed by atoms with Crippen LogP contribution >= 0.6 is 0 Å². The summed E-state index contributed by atoms with van der Waals surface area (Å²) in [6.07, 6.45) is 7.95. The van der Waals surface area contributed by atoms with E-state index in [0.29, 0.717) is 11.7 Å². The van der Waals surface area contributed by atoms with Crippen molar-refractivity contribution in [1.29, 1.82) is 0 Å². The summed E-state index contributed by atoms with van der Waals surface area (Å²) in [6, 6.07) is 0. The van der Waals surface area contributed by atoms with Crippen LogP contribution in [0.4, 0.5) is 0 Å². The number of carbonyl (C=O) groups excluding carboxylic acids is 1. The highest BCUT2D eigenvalue weighted by Gasteiger charge is 2.48. The average Bonchev–Trinajstić information content (AvgIpc) is 2.43. The number of nitrogens with zero attached hydrogens (tertiary/aromatic N) is 1. The molecule has 0 aromatic heterocycles. The number of hydrogen-bond acceptors (Lipinski definition) is 4. The van der Waals surface area contributed by atoms with Crippen molar-refractivity contribution in [3.05, 3.63) is 12.2 Å². The molecule has 4 heteroatoms. The van der Waals surface area contributed by atoms with Gasteiger partial charge in [-0.1, -0.05) is 25.8 Å². The molecule has 132 valence electrons. The van der Waals surface area contributed by atoms with Crippen LogP contribution in [0.15, 0.2) is 12.2 Å². The summed E-state index contributed by atoms with van der Waals surface area (Å²) in [5.74, 6) is -0.289. The van der Waals surface area contributed by atoms with Gasteiger partial charge in [0.2, 0.25) is 0 Å². The molecule has 0 spiro atoms. The molecule has 0 N–H and O–H groups in total. The zero-order valence-electron chi connectivity index (χ0n) is 15.5. The molecule has 0 unspecified atom stereocenters. The van der Waals surface area contributed by atoms with Gasteiger partial charge < -0.3 is 4.74 Å². The maximum absolute atomic E-state index is 11.9. The fourth-order valence-electron chi connectivity index (χ4n) is 4.11. The predicted octanol–water partition coefficient (Wildman–Crippen LogP) is 4.39. The van der Waals surface area contributed by atoms with E-state index in [4.69, 9.17) is 9.57 Å². The molecule has 4 nitrogen and oxygen atoms in total. The lowest BCUT2D eigenvalue weighted by Crippen LogP contribution is -2.63. The van der Waals surface area contributed by atoms with E-state index in [1.54, 1.807) is 6.92 Å². The predicted molar refractivity (Wildman–Crippen MR) is 91.9 cm³/mol. The molecular weight excluding hydrogens is 290 g/mol. The summed E-state index contributed by atoms with van der Waals surface area (Å²) in [7, 11) is 0. The number of piperidine rings is 1. The molecule has 2 rings (SSSR count). The Balaban J connectivity index is 2.06. The maximum atomic E-state index is 11.9. The highest BCUT2D eigenvalue weighted by molar-refractivity contribution is 5.87. The van der Waals surface area contributed by atoms with Gasteiger partial charge in [0.25, 0.3) is 0 Å². The largest absolute Gasteiger partial charge is 0.459 e. The van der Waals surface area contributed by atoms with E-state index in [9.17, 15) is 4.79 Å². The van der Waals surface area contributed by atoms with Crippen molar-refractivity contribution >= 4 is 5.97 Å². The van der Waals surface area contributed by atoms with E-state index < -0.39 is 0 Å². The highest BCUT2D eigenvalue weighted by atomic mass is 16.7. The van der Waals surface area contributed by atoms with Gasteiger partial charge in [0.1, 0.15) is 6.10 Å². The first-order valence-corrected chi connectivity index (χ1v) is 8.95. The SMILES string of the molecule is C=C(C)C(=O)OC1CC(C)(C)N(OC2CCCCC2)C(C)(C)C1. The van der Waals surface area contributed by atoms with Crippen LogP contribution in [0.1, 0.15) is 79.6 Å². The smallest absolute Gasteiger partial charge is 0.333 e. The molecule has 2 aliphatic rings. The molecular formula is C19H33NO3. The van der Waals surface area contributed by atoms with Crippen molar-refractivity contribution in [2.75, 3.05) is 0 Å². The maximum Gasteiger partial charge on any atom is 0.333 e. The fraction of sp³-hybridized carbons (Fsp3) is 0.842. The first-order valence-electron chi connectivity index (χ1n) is 8.95. The molecule has 0 atom stereocenters. The first-order chi connectivity index (χ1) is 10.6. The molecule has 0 aromatic carbocycles. The van der Waals surface area contributed by atoms with Crippen molar-refractivity contribution in [3.63, 3.8) is 0 Å². The summed E-state index contributed by atoms with van der Waals surface area (Å²) in [5, 5.41) is 2.18. The summed E-state index contributed by atoms with van der Waals surface area (Å²) >= 11 is 0. The Bertz CT molecular complexity index is 432. The zero-order valence-corrected chi connectivity index (χ0v) is 15.5. The minimum Gasteiger partial charge on any atom is -0.459 e. The van der Waals surface area contributed by atoms with Gasteiger partial charge in [0.05, 0.1) is 6.10 Å². The lowest BCUT2D eigenvalue weighted by atomic mass is 9.80. The standard InChI is InChI=1S/C19H33NO3/c1-14(2)17(21)22-16-12-18(3,4)20(19(5,6)13-16)23-15-10-8-7-9-11-15/h15-16H,1,7-13H2,2-6H3. The zero-order chi connectivity index (χ0) is 17.3. The van der Waals surface area contributed by atoms with Gasteiger partial charge in [0.15, 0.2) is 0 Å². The van der Waals surface area contributed by atoms with Gasteiger partial charge in [-0.3, -0.25) is 4.84 Å². The minimum absolute atomic E-state index is 0.0876. The van der Waals surface area contributed by atoms with Gasteiger partial charge in [-0.05, 0) is 47.5 Å². The third kappa shape index (κ3) is 4.57. The Morgan fingerprint density at radius 2 is 1.52 bits per heavy atom. The van der Waals surface area contributed by atoms with E-state index in [1.807, 2.05) is 0 Å². The van der Waals surface area contributed by atoms with Crippen molar-refractivity contribution in [2.45, 2.75) is 103 Å². The second-order valence-electron chi connectivity index (χ2n) is 8.50.